The lowest BCUT2D eigenvalue weighted by atomic mass is 10.0. The van der Waals surface area contributed by atoms with E-state index in [0.29, 0.717) is 11.3 Å². The first-order chi connectivity index (χ1) is 24.8. The molecule has 5 rings (SSSR count). The van der Waals surface area contributed by atoms with Crippen LogP contribution in [0.2, 0.25) is 0 Å². The lowest BCUT2D eigenvalue weighted by molar-refractivity contribution is -0.143. The van der Waals surface area contributed by atoms with Gasteiger partial charge in [-0.3, -0.25) is 33.2 Å². The molecule has 5 N–H and O–H groups in total. The van der Waals surface area contributed by atoms with Crippen molar-refractivity contribution in [2.24, 2.45) is 5.92 Å². The number of carbonyl (C=O) groups is 6. The number of hydrogen-bond donors (Lipinski definition) is 5. The van der Waals surface area contributed by atoms with Crippen molar-refractivity contribution in [2.45, 2.75) is 83.2 Å². The van der Waals surface area contributed by atoms with Gasteiger partial charge in [-0.2, -0.15) is 16.2 Å². The predicted octanol–water partition coefficient (Wildman–Crippen LogP) is 1.63. The van der Waals surface area contributed by atoms with Crippen LogP contribution in [0.1, 0.15) is 67.7 Å². The Morgan fingerprint density at radius 1 is 1.02 bits per heavy atom. The van der Waals surface area contributed by atoms with Crippen LogP contribution in [0.4, 0.5) is 4.39 Å². The summed E-state index contributed by atoms with van der Waals surface area (Å²) in [5.41, 5.74) is 1.29. The Kier molecular flexibility index (Phi) is 12.2. The van der Waals surface area contributed by atoms with Crippen LogP contribution < -0.4 is 26.6 Å². The molecule has 1 aromatic carbocycles. The summed E-state index contributed by atoms with van der Waals surface area (Å²) in [5, 5.41) is 13.9. The summed E-state index contributed by atoms with van der Waals surface area (Å²) in [4.78, 5) is 87.6. The summed E-state index contributed by atoms with van der Waals surface area (Å²) in [6, 6.07) is 6.30. The van der Waals surface area contributed by atoms with Crippen molar-refractivity contribution in [3.05, 3.63) is 71.4 Å². The van der Waals surface area contributed by atoms with Crippen LogP contribution in [0.5, 0.6) is 0 Å². The zero-order valence-electron chi connectivity index (χ0n) is 29.8. The summed E-state index contributed by atoms with van der Waals surface area (Å²) in [7, 11) is 0. The molecule has 2 aromatic heterocycles. The van der Waals surface area contributed by atoms with Gasteiger partial charge in [0.1, 0.15) is 29.8 Å². The first-order valence-electron chi connectivity index (χ1n) is 17.3. The van der Waals surface area contributed by atoms with Crippen LogP contribution in [-0.4, -0.2) is 98.5 Å². The molecule has 4 heterocycles. The smallest absolute Gasteiger partial charge is 0.274 e. The van der Waals surface area contributed by atoms with Crippen molar-refractivity contribution in [3.63, 3.8) is 0 Å². The minimum absolute atomic E-state index is 0.0520. The molecule has 0 aliphatic carbocycles. The van der Waals surface area contributed by atoms with Crippen molar-refractivity contribution in [1.29, 1.82) is 0 Å². The van der Waals surface area contributed by atoms with Gasteiger partial charge in [0.15, 0.2) is 5.69 Å². The van der Waals surface area contributed by atoms with Gasteiger partial charge in [0, 0.05) is 18.8 Å². The SMILES string of the molecule is CSCC[C@@H]1NC(=O)C[C@@H](c2ccccc2)NC(=O)[C@H](C)NC(=O)[C@@H]2C[C@H](NC(=O)c3nc4cc(C)ccn4c3F)CN2C(=O)[C@H](C(C)C)NC1=O. The summed E-state index contributed by atoms with van der Waals surface area (Å²) in [6.07, 6.45) is 3.38. The van der Waals surface area contributed by atoms with E-state index >= 15 is 4.39 Å². The quantitative estimate of drug-likeness (QED) is 0.243. The number of hydrogen-bond acceptors (Lipinski definition) is 8. The number of amides is 6. The van der Waals surface area contributed by atoms with Gasteiger partial charge in [-0.05, 0) is 67.9 Å². The number of carbonyl (C=O) groups excluding carboxylic acids is 6. The lowest BCUT2D eigenvalue weighted by Gasteiger charge is -2.32. The first-order valence-corrected chi connectivity index (χ1v) is 18.7. The van der Waals surface area contributed by atoms with E-state index in [2.05, 4.69) is 31.6 Å². The van der Waals surface area contributed by atoms with Crippen LogP contribution in [0.3, 0.4) is 0 Å². The van der Waals surface area contributed by atoms with E-state index in [0.717, 1.165) is 9.96 Å². The van der Waals surface area contributed by atoms with E-state index in [-0.39, 0.29) is 31.5 Å². The average molecular weight is 737 g/mol. The normalized spacial score (nSPS) is 25.0. The maximum Gasteiger partial charge on any atom is 0.274 e. The van der Waals surface area contributed by atoms with Gasteiger partial charge in [0.2, 0.25) is 35.5 Å². The molecule has 6 amide bonds. The zero-order chi connectivity index (χ0) is 37.7. The number of nitrogens with zero attached hydrogens (tertiary/aromatic N) is 3. The first kappa shape index (κ1) is 38.2. The Morgan fingerprint density at radius 2 is 1.75 bits per heavy atom. The van der Waals surface area contributed by atoms with Gasteiger partial charge < -0.3 is 31.5 Å². The van der Waals surface area contributed by atoms with Gasteiger partial charge in [-0.15, -0.1) is 0 Å². The Labute approximate surface area is 305 Å². The molecule has 3 aromatic rings. The largest absolute Gasteiger partial charge is 0.347 e. The Hall–Kier alpha value is -4.99. The van der Waals surface area contributed by atoms with Crippen LogP contribution in [-0.2, 0) is 24.0 Å². The van der Waals surface area contributed by atoms with Crippen LogP contribution >= 0.6 is 11.8 Å². The molecule has 0 radical (unpaired) electrons. The van der Waals surface area contributed by atoms with Crippen LogP contribution in [0.25, 0.3) is 5.65 Å². The second kappa shape index (κ2) is 16.6. The second-order valence-electron chi connectivity index (χ2n) is 13.6. The maximum absolute atomic E-state index is 15.2. The molecule has 2 aliphatic rings. The molecule has 0 saturated carbocycles. The number of rotatable bonds is 7. The molecule has 16 heteroatoms. The molecule has 0 bridgehead atoms. The highest BCUT2D eigenvalue weighted by molar-refractivity contribution is 7.98. The van der Waals surface area contributed by atoms with Crippen LogP contribution in [0.15, 0.2) is 48.7 Å². The molecule has 14 nitrogen and oxygen atoms in total. The molecule has 2 saturated heterocycles. The number of imidazole rings is 1. The minimum atomic E-state index is -1.15. The van der Waals surface area contributed by atoms with Crippen molar-refractivity contribution in [3.8, 4) is 0 Å². The molecule has 2 fully saturated rings. The summed E-state index contributed by atoms with van der Waals surface area (Å²) >= 11 is 1.49. The fourth-order valence-corrected chi connectivity index (χ4v) is 6.92. The topological polar surface area (TPSA) is 183 Å². The van der Waals surface area contributed by atoms with Gasteiger partial charge >= 0.3 is 0 Å². The second-order valence-corrected chi connectivity index (χ2v) is 14.6. The minimum Gasteiger partial charge on any atom is -0.347 e. The summed E-state index contributed by atoms with van der Waals surface area (Å²) in [6.45, 7) is 6.65. The molecular weight excluding hydrogens is 692 g/mol. The third-order valence-corrected chi connectivity index (χ3v) is 9.96. The Morgan fingerprint density at radius 3 is 2.44 bits per heavy atom. The van der Waals surface area contributed by atoms with Gasteiger partial charge in [0.25, 0.3) is 5.91 Å². The predicted molar refractivity (Wildman–Crippen MR) is 193 cm³/mol. The number of aryl methyl sites for hydroxylation is 1. The zero-order valence-corrected chi connectivity index (χ0v) is 30.6. The third-order valence-electron chi connectivity index (χ3n) is 9.31. The highest BCUT2D eigenvalue weighted by Crippen LogP contribution is 2.24. The van der Waals surface area contributed by atoms with E-state index in [1.54, 1.807) is 56.3 Å². The van der Waals surface area contributed by atoms with Crippen LogP contribution in [0, 0.1) is 18.8 Å². The standard InChI is InChI=1S/C36H45FN8O6S/c1-19(2)29-36(51)45-18-23(39-35(50)30-31(37)44-13-11-20(3)15-27(44)42-30)16-26(45)34(49)38-21(4)32(47)41-25(22-9-7-6-8-10-22)17-28(46)40-24(12-14-52-5)33(48)43-29/h6-11,13,15,19,21,23-26,29H,12,14,16-18H2,1-5H3,(H,38,49)(H,39,50)(H,40,46)(H,41,47)(H,43,48)/t21-,23-,24-,25-,26-,29-/m0/s1. The van der Waals surface area contributed by atoms with E-state index in [1.807, 2.05) is 13.2 Å². The molecule has 278 valence electrons. The van der Waals surface area contributed by atoms with Gasteiger partial charge in [-0.1, -0.05) is 44.2 Å². The maximum atomic E-state index is 15.2. The third kappa shape index (κ3) is 8.72. The summed E-state index contributed by atoms with van der Waals surface area (Å²) < 4.78 is 16.4. The average Bonchev–Trinajstić information content (AvgIpc) is 3.68. The molecular formula is C36H45FN8O6S. The number of pyridine rings is 1. The van der Waals surface area contributed by atoms with Crippen molar-refractivity contribution >= 4 is 52.9 Å². The number of fused-ring (bicyclic) bond motifs is 2. The number of benzene rings is 1. The van der Waals surface area contributed by atoms with E-state index in [1.165, 1.54) is 29.8 Å². The fourth-order valence-electron chi connectivity index (χ4n) is 6.45. The summed E-state index contributed by atoms with van der Waals surface area (Å²) in [5.74, 6) is -4.45. The van der Waals surface area contributed by atoms with E-state index < -0.39 is 89.3 Å². The Balaban J connectivity index is 1.46. The van der Waals surface area contributed by atoms with Crippen molar-refractivity contribution < 1.29 is 33.2 Å². The molecule has 52 heavy (non-hydrogen) atoms. The van der Waals surface area contributed by atoms with E-state index in [9.17, 15) is 28.8 Å². The van der Waals surface area contributed by atoms with Gasteiger partial charge in [-0.25, -0.2) is 4.98 Å². The number of thioether (sulfide) groups is 1. The fraction of sp³-hybridized carbons (Fsp3) is 0.472. The lowest BCUT2D eigenvalue weighted by Crippen LogP contribution is -2.59. The molecule has 0 unspecified atom stereocenters. The van der Waals surface area contributed by atoms with E-state index in [4.69, 9.17) is 0 Å². The molecule has 0 spiro atoms. The highest BCUT2D eigenvalue weighted by Gasteiger charge is 2.44. The highest BCUT2D eigenvalue weighted by atomic mass is 32.2. The number of aromatic nitrogens is 2. The number of nitrogens with one attached hydrogen (secondary N) is 5. The van der Waals surface area contributed by atoms with Gasteiger partial charge in [0.05, 0.1) is 12.5 Å². The number of halogens is 1. The monoisotopic (exact) mass is 736 g/mol. The Bertz CT molecular complexity index is 1840. The van der Waals surface area contributed by atoms with Crippen molar-refractivity contribution in [1.82, 2.24) is 40.9 Å². The molecule has 6 atom stereocenters. The molecule has 2 aliphatic heterocycles. The van der Waals surface area contributed by atoms with Crippen molar-refractivity contribution in [2.75, 3.05) is 18.6 Å².